The van der Waals surface area contributed by atoms with Crippen LogP contribution in [0.4, 0.5) is 5.82 Å². The first kappa shape index (κ1) is 22.7. The van der Waals surface area contributed by atoms with Gasteiger partial charge in [0.1, 0.15) is 5.69 Å². The fourth-order valence-electron chi connectivity index (χ4n) is 4.16. The van der Waals surface area contributed by atoms with Crippen LogP contribution >= 0.6 is 0 Å². The number of aromatic nitrogens is 2. The summed E-state index contributed by atoms with van der Waals surface area (Å²) in [7, 11) is 3.28. The molecule has 3 aromatic carbocycles. The molecule has 5 rings (SSSR count). The largest absolute Gasteiger partial charge is 0.493 e. The second-order valence-electron chi connectivity index (χ2n) is 8.12. The Morgan fingerprint density at radius 3 is 2.20 bits per heavy atom. The number of nitrogens with zero attached hydrogens (tertiary/aromatic N) is 4. The first-order chi connectivity index (χ1) is 17.3. The zero-order chi connectivity index (χ0) is 24.0. The summed E-state index contributed by atoms with van der Waals surface area (Å²) in [4.78, 5) is 7.17. The average Bonchev–Trinajstić information content (AvgIpc) is 3.32. The Hall–Kier alpha value is -4.10. The van der Waals surface area contributed by atoms with E-state index in [1.807, 2.05) is 77.8 Å². The molecule has 35 heavy (non-hydrogen) atoms. The van der Waals surface area contributed by atoms with Crippen LogP contribution in [-0.2, 0) is 4.74 Å². The lowest BCUT2D eigenvalue weighted by Crippen LogP contribution is -2.35. The van der Waals surface area contributed by atoms with E-state index in [0.29, 0.717) is 24.7 Å². The zero-order valence-corrected chi connectivity index (χ0v) is 19.9. The molecule has 1 saturated heterocycles. The third kappa shape index (κ3) is 4.76. The lowest BCUT2D eigenvalue weighted by Gasteiger charge is -2.24. The second kappa shape index (κ2) is 10.4. The number of para-hydroxylation sites is 1. The van der Waals surface area contributed by atoms with Crippen molar-refractivity contribution >= 4 is 12.2 Å². The van der Waals surface area contributed by atoms with Crippen molar-refractivity contribution in [1.29, 1.82) is 0 Å². The van der Waals surface area contributed by atoms with E-state index in [0.717, 1.165) is 47.0 Å². The van der Waals surface area contributed by atoms with Gasteiger partial charge in [0, 0.05) is 18.7 Å². The van der Waals surface area contributed by atoms with Gasteiger partial charge in [0.15, 0.2) is 17.3 Å². The van der Waals surface area contributed by atoms with Crippen molar-refractivity contribution in [3.63, 3.8) is 0 Å². The quantitative estimate of drug-likeness (QED) is 0.275. The summed E-state index contributed by atoms with van der Waals surface area (Å²) in [6.45, 7) is 3.00. The maximum absolute atomic E-state index is 5.62. The van der Waals surface area contributed by atoms with Crippen LogP contribution in [0.5, 0.6) is 11.5 Å². The van der Waals surface area contributed by atoms with E-state index in [9.17, 15) is 0 Å². The molecule has 0 bridgehead atoms. The third-order valence-corrected chi connectivity index (χ3v) is 5.97. The Kier molecular flexibility index (Phi) is 6.77. The summed E-state index contributed by atoms with van der Waals surface area (Å²) < 4.78 is 18.5. The second-order valence-corrected chi connectivity index (χ2v) is 8.12. The molecule has 1 aliphatic heterocycles. The molecule has 1 aliphatic rings. The molecule has 0 saturated carbocycles. The van der Waals surface area contributed by atoms with Crippen LogP contribution in [0.15, 0.2) is 83.9 Å². The number of aliphatic imine (C=N–C) groups is 1. The Labute approximate surface area is 205 Å². The molecule has 7 heteroatoms. The van der Waals surface area contributed by atoms with Crippen LogP contribution in [0.3, 0.4) is 0 Å². The van der Waals surface area contributed by atoms with Crippen LogP contribution in [0.1, 0.15) is 0 Å². The van der Waals surface area contributed by atoms with Gasteiger partial charge in [-0.3, -0.25) is 0 Å². The Balaban J connectivity index is 1.75. The Morgan fingerprint density at radius 1 is 0.829 bits per heavy atom. The van der Waals surface area contributed by atoms with Crippen LogP contribution < -0.4 is 9.47 Å². The highest BCUT2D eigenvalue weighted by molar-refractivity contribution is 5.90. The topological polar surface area (TPSA) is 61.1 Å². The molecule has 0 unspecified atom stereocenters. The van der Waals surface area contributed by atoms with Gasteiger partial charge in [0.25, 0.3) is 0 Å². The van der Waals surface area contributed by atoms with Gasteiger partial charge in [0.2, 0.25) is 0 Å². The summed E-state index contributed by atoms with van der Waals surface area (Å²) >= 11 is 0. The van der Waals surface area contributed by atoms with Gasteiger partial charge >= 0.3 is 0 Å². The van der Waals surface area contributed by atoms with Gasteiger partial charge < -0.3 is 19.1 Å². The minimum atomic E-state index is 0.652. The van der Waals surface area contributed by atoms with Crippen LogP contribution in [-0.4, -0.2) is 61.5 Å². The van der Waals surface area contributed by atoms with Crippen molar-refractivity contribution in [3.8, 4) is 39.6 Å². The number of morpholine rings is 1. The van der Waals surface area contributed by atoms with Crippen LogP contribution in [0.2, 0.25) is 0 Å². The molecule has 0 atom stereocenters. The molecule has 0 radical (unpaired) electrons. The molecule has 178 valence electrons. The van der Waals surface area contributed by atoms with E-state index in [1.54, 1.807) is 14.2 Å². The number of hydrogen-bond donors (Lipinski definition) is 0. The highest BCUT2D eigenvalue weighted by Crippen LogP contribution is 2.43. The maximum Gasteiger partial charge on any atom is 0.165 e. The van der Waals surface area contributed by atoms with Crippen LogP contribution in [0.25, 0.3) is 28.1 Å². The summed E-state index contributed by atoms with van der Waals surface area (Å²) in [6.07, 6.45) is 1.90. The fourth-order valence-corrected chi connectivity index (χ4v) is 4.16. The number of hydrogen-bond acceptors (Lipinski definition) is 5. The first-order valence-corrected chi connectivity index (χ1v) is 11.6. The molecule has 1 aromatic heterocycles. The lowest BCUT2D eigenvalue weighted by molar-refractivity contribution is 0.0701. The number of rotatable bonds is 7. The smallest absolute Gasteiger partial charge is 0.165 e. The lowest BCUT2D eigenvalue weighted by atomic mass is 10.0. The molecule has 4 aromatic rings. The van der Waals surface area contributed by atoms with Crippen molar-refractivity contribution in [2.45, 2.75) is 0 Å². The number of ether oxygens (including phenoxy) is 3. The zero-order valence-electron chi connectivity index (χ0n) is 19.9. The van der Waals surface area contributed by atoms with Crippen molar-refractivity contribution < 1.29 is 14.2 Å². The van der Waals surface area contributed by atoms with E-state index < -0.39 is 0 Å². The van der Waals surface area contributed by atoms with Gasteiger partial charge in [0.05, 0.1) is 45.0 Å². The van der Waals surface area contributed by atoms with E-state index in [1.165, 1.54) is 0 Å². The maximum atomic E-state index is 5.62. The van der Waals surface area contributed by atoms with Crippen molar-refractivity contribution in [2.75, 3.05) is 40.5 Å². The van der Waals surface area contributed by atoms with Crippen molar-refractivity contribution in [2.24, 2.45) is 4.99 Å². The SMILES string of the molecule is COc1ccc(-c2c(-c3ccccc3)nn(-c3ccccc3)c2/N=C/N2CCOCC2)cc1OC. The highest BCUT2D eigenvalue weighted by atomic mass is 16.5. The molecule has 0 spiro atoms. The van der Waals surface area contributed by atoms with E-state index in [4.69, 9.17) is 24.3 Å². The minimum absolute atomic E-state index is 0.652. The average molecular weight is 469 g/mol. The van der Waals surface area contributed by atoms with Gasteiger partial charge in [-0.2, -0.15) is 5.10 Å². The molecular formula is C28H28N4O3. The van der Waals surface area contributed by atoms with Gasteiger partial charge in [-0.15, -0.1) is 0 Å². The van der Waals surface area contributed by atoms with Gasteiger partial charge in [-0.25, -0.2) is 9.67 Å². The summed E-state index contributed by atoms with van der Waals surface area (Å²) in [5, 5.41) is 5.08. The first-order valence-electron chi connectivity index (χ1n) is 11.6. The Morgan fingerprint density at radius 2 is 1.51 bits per heavy atom. The standard InChI is InChI=1S/C28H28N4O3/c1-33-24-14-13-22(19-25(24)34-2)26-27(21-9-5-3-6-10-21)30-32(23-11-7-4-8-12-23)28(26)29-20-31-15-17-35-18-16-31/h3-14,19-20H,15-18H2,1-2H3/b29-20+. The fraction of sp³-hybridized carbons (Fsp3) is 0.214. The number of benzene rings is 3. The van der Waals surface area contributed by atoms with Crippen molar-refractivity contribution in [3.05, 3.63) is 78.9 Å². The summed E-state index contributed by atoms with van der Waals surface area (Å²) in [5.74, 6) is 2.07. The van der Waals surface area contributed by atoms with Gasteiger partial charge in [-0.1, -0.05) is 54.6 Å². The normalized spacial score (nSPS) is 13.8. The molecule has 1 fully saturated rings. The van der Waals surface area contributed by atoms with Gasteiger partial charge in [-0.05, 0) is 29.8 Å². The molecule has 7 nitrogen and oxygen atoms in total. The third-order valence-electron chi connectivity index (χ3n) is 5.97. The van der Waals surface area contributed by atoms with E-state index >= 15 is 0 Å². The predicted octanol–water partition coefficient (Wildman–Crippen LogP) is 5.22. The molecule has 0 N–H and O–H groups in total. The molecular weight excluding hydrogens is 440 g/mol. The summed E-state index contributed by atoms with van der Waals surface area (Å²) in [6, 6.07) is 26.2. The monoisotopic (exact) mass is 468 g/mol. The minimum Gasteiger partial charge on any atom is -0.493 e. The van der Waals surface area contributed by atoms with E-state index in [-0.39, 0.29) is 0 Å². The van der Waals surface area contributed by atoms with E-state index in [2.05, 4.69) is 17.0 Å². The highest BCUT2D eigenvalue weighted by Gasteiger charge is 2.23. The van der Waals surface area contributed by atoms with Crippen LogP contribution in [0, 0.1) is 0 Å². The summed E-state index contributed by atoms with van der Waals surface area (Å²) in [5.41, 5.74) is 4.65. The number of methoxy groups -OCH3 is 2. The molecule has 0 aliphatic carbocycles. The Bertz CT molecular complexity index is 1300. The molecule has 0 amide bonds. The van der Waals surface area contributed by atoms with Crippen molar-refractivity contribution in [1.82, 2.24) is 14.7 Å². The molecule has 2 heterocycles. The predicted molar refractivity (Wildman–Crippen MR) is 138 cm³/mol.